The van der Waals surface area contributed by atoms with Gasteiger partial charge in [-0.3, -0.25) is 9.69 Å². The number of rotatable bonds is 2. The van der Waals surface area contributed by atoms with E-state index in [4.69, 9.17) is 0 Å². The summed E-state index contributed by atoms with van der Waals surface area (Å²) in [5, 5.41) is 0. The predicted octanol–water partition coefficient (Wildman–Crippen LogP) is 3.81. The highest BCUT2D eigenvalue weighted by Crippen LogP contribution is 2.32. The van der Waals surface area contributed by atoms with Crippen LogP contribution in [-0.2, 0) is 4.79 Å². The van der Waals surface area contributed by atoms with E-state index in [1.165, 1.54) is 4.90 Å². The molecular formula is C16H20N2OS. The van der Waals surface area contributed by atoms with Crippen LogP contribution < -0.4 is 0 Å². The second-order valence-electron chi connectivity index (χ2n) is 5.84. The average molecular weight is 288 g/mol. The molecule has 1 aromatic carbocycles. The summed E-state index contributed by atoms with van der Waals surface area (Å²) in [5.41, 5.74) is 1.50. The summed E-state index contributed by atoms with van der Waals surface area (Å²) in [5.74, 6) is 0.691. The Morgan fingerprint density at radius 3 is 2.25 bits per heavy atom. The number of nitrogens with zero attached hydrogens (tertiary/aromatic N) is 2. The van der Waals surface area contributed by atoms with Gasteiger partial charge in [0.05, 0.1) is 0 Å². The average Bonchev–Trinajstić information content (AvgIpc) is 2.58. The minimum atomic E-state index is -0.0457. The highest BCUT2D eigenvalue weighted by atomic mass is 32.2. The van der Waals surface area contributed by atoms with E-state index in [0.29, 0.717) is 5.70 Å². The summed E-state index contributed by atoms with van der Waals surface area (Å²) >= 11 is 1.83. The van der Waals surface area contributed by atoms with Crippen LogP contribution in [0.1, 0.15) is 33.3 Å². The molecule has 2 rings (SSSR count). The molecule has 0 aromatic heterocycles. The standard InChI is InChI=1S/C16H20N2OS/c1-11-17-14(15(19)18(11)5)10-12-6-8-13(9-7-12)20-16(2,3)4/h6-10H,1-5H3/b14-10+. The van der Waals surface area contributed by atoms with Crippen LogP contribution in [0.5, 0.6) is 0 Å². The molecule has 4 heteroatoms. The summed E-state index contributed by atoms with van der Waals surface area (Å²) in [7, 11) is 1.74. The highest BCUT2D eigenvalue weighted by molar-refractivity contribution is 8.00. The zero-order chi connectivity index (χ0) is 14.9. The molecule has 0 aliphatic carbocycles. The molecule has 1 aliphatic rings. The zero-order valence-electron chi connectivity index (χ0n) is 12.6. The first-order valence-corrected chi connectivity index (χ1v) is 7.42. The molecule has 0 unspecified atom stereocenters. The molecule has 0 radical (unpaired) electrons. The van der Waals surface area contributed by atoms with Crippen molar-refractivity contribution in [2.45, 2.75) is 37.3 Å². The molecule has 1 amide bonds. The number of hydrogen-bond acceptors (Lipinski definition) is 3. The second kappa shape index (κ2) is 5.44. The van der Waals surface area contributed by atoms with Crippen LogP contribution in [-0.4, -0.2) is 28.4 Å². The Balaban J connectivity index is 2.18. The number of likely N-dealkylation sites (N-methyl/N-ethyl adjacent to an activating group) is 1. The summed E-state index contributed by atoms with van der Waals surface area (Å²) in [4.78, 5) is 19.0. The first-order valence-electron chi connectivity index (χ1n) is 6.60. The number of amides is 1. The van der Waals surface area contributed by atoms with Gasteiger partial charge in [-0.15, -0.1) is 11.8 Å². The Bertz CT molecular complexity index is 579. The number of carbonyl (C=O) groups excluding carboxylic acids is 1. The Kier molecular flexibility index (Phi) is 4.04. The molecule has 0 N–H and O–H groups in total. The smallest absolute Gasteiger partial charge is 0.277 e. The third-order valence-electron chi connectivity index (χ3n) is 2.90. The zero-order valence-corrected chi connectivity index (χ0v) is 13.4. The van der Waals surface area contributed by atoms with Crippen molar-refractivity contribution in [2.24, 2.45) is 4.99 Å². The molecule has 0 saturated heterocycles. The summed E-state index contributed by atoms with van der Waals surface area (Å²) < 4.78 is 0.200. The third-order valence-corrected chi connectivity index (χ3v) is 4.02. The number of benzene rings is 1. The van der Waals surface area contributed by atoms with Crippen LogP contribution >= 0.6 is 11.8 Å². The highest BCUT2D eigenvalue weighted by Gasteiger charge is 2.23. The molecule has 0 bridgehead atoms. The van der Waals surface area contributed by atoms with Crippen LogP contribution in [0.25, 0.3) is 6.08 Å². The minimum Gasteiger partial charge on any atom is -0.298 e. The third kappa shape index (κ3) is 3.51. The molecule has 20 heavy (non-hydrogen) atoms. The molecule has 1 aromatic rings. The molecule has 106 valence electrons. The van der Waals surface area contributed by atoms with Crippen molar-refractivity contribution in [1.29, 1.82) is 0 Å². The maximum absolute atomic E-state index is 11.9. The second-order valence-corrected chi connectivity index (χ2v) is 7.74. The van der Waals surface area contributed by atoms with Crippen molar-refractivity contribution in [3.05, 3.63) is 35.5 Å². The van der Waals surface area contributed by atoms with Gasteiger partial charge < -0.3 is 0 Å². The van der Waals surface area contributed by atoms with Gasteiger partial charge in [0.2, 0.25) is 0 Å². The van der Waals surface area contributed by atoms with E-state index < -0.39 is 0 Å². The minimum absolute atomic E-state index is 0.0457. The normalized spacial score (nSPS) is 17.9. The van der Waals surface area contributed by atoms with Crippen molar-refractivity contribution in [3.8, 4) is 0 Å². The van der Waals surface area contributed by atoms with Gasteiger partial charge in [0.15, 0.2) is 0 Å². The number of carbonyl (C=O) groups is 1. The quantitative estimate of drug-likeness (QED) is 0.612. The van der Waals surface area contributed by atoms with Crippen LogP contribution in [0, 0.1) is 0 Å². The molecule has 0 spiro atoms. The number of aliphatic imine (C=N–C) groups is 1. The van der Waals surface area contributed by atoms with Crippen molar-refractivity contribution in [2.75, 3.05) is 7.05 Å². The van der Waals surface area contributed by atoms with E-state index in [0.717, 1.165) is 11.4 Å². The predicted molar refractivity (Wildman–Crippen MR) is 85.9 cm³/mol. The van der Waals surface area contributed by atoms with Crippen molar-refractivity contribution in [1.82, 2.24) is 4.90 Å². The van der Waals surface area contributed by atoms with Gasteiger partial charge in [0.25, 0.3) is 5.91 Å². The van der Waals surface area contributed by atoms with Gasteiger partial charge in [0.1, 0.15) is 11.5 Å². The lowest BCUT2D eigenvalue weighted by molar-refractivity contribution is -0.121. The summed E-state index contributed by atoms with van der Waals surface area (Å²) in [6.07, 6.45) is 1.83. The fourth-order valence-electron chi connectivity index (χ4n) is 1.85. The van der Waals surface area contributed by atoms with E-state index in [-0.39, 0.29) is 10.7 Å². The lowest BCUT2D eigenvalue weighted by Crippen LogP contribution is -2.25. The van der Waals surface area contributed by atoms with Gasteiger partial charge in [-0.05, 0) is 30.7 Å². The van der Waals surface area contributed by atoms with Gasteiger partial charge >= 0.3 is 0 Å². The molecule has 1 heterocycles. The molecule has 0 saturated carbocycles. The van der Waals surface area contributed by atoms with E-state index >= 15 is 0 Å². The largest absolute Gasteiger partial charge is 0.298 e. The Morgan fingerprint density at radius 2 is 1.80 bits per heavy atom. The topological polar surface area (TPSA) is 32.7 Å². The molecule has 0 atom stereocenters. The van der Waals surface area contributed by atoms with Gasteiger partial charge in [0, 0.05) is 16.7 Å². The maximum atomic E-state index is 11.9. The molecule has 3 nitrogen and oxygen atoms in total. The molecular weight excluding hydrogens is 268 g/mol. The van der Waals surface area contributed by atoms with Gasteiger partial charge in [-0.2, -0.15) is 0 Å². The van der Waals surface area contributed by atoms with Crippen LogP contribution in [0.3, 0.4) is 0 Å². The van der Waals surface area contributed by atoms with E-state index in [1.807, 2.05) is 36.9 Å². The maximum Gasteiger partial charge on any atom is 0.277 e. The molecule has 1 aliphatic heterocycles. The van der Waals surface area contributed by atoms with Crippen LogP contribution in [0.4, 0.5) is 0 Å². The molecule has 0 fully saturated rings. The number of thioether (sulfide) groups is 1. The van der Waals surface area contributed by atoms with Crippen LogP contribution in [0.2, 0.25) is 0 Å². The van der Waals surface area contributed by atoms with Crippen molar-refractivity contribution in [3.63, 3.8) is 0 Å². The Morgan fingerprint density at radius 1 is 1.20 bits per heavy atom. The SMILES string of the molecule is CC1=N/C(=C/c2ccc(SC(C)(C)C)cc2)C(=O)N1C. The van der Waals surface area contributed by atoms with E-state index in [9.17, 15) is 4.79 Å². The van der Waals surface area contributed by atoms with E-state index in [1.54, 1.807) is 11.9 Å². The fraction of sp³-hybridized carbons (Fsp3) is 0.375. The van der Waals surface area contributed by atoms with Gasteiger partial charge in [-0.1, -0.05) is 32.9 Å². The first-order chi connectivity index (χ1) is 9.26. The Labute approximate surface area is 124 Å². The monoisotopic (exact) mass is 288 g/mol. The van der Waals surface area contributed by atoms with Gasteiger partial charge in [-0.25, -0.2) is 4.99 Å². The lowest BCUT2D eigenvalue weighted by Gasteiger charge is -2.17. The van der Waals surface area contributed by atoms with Crippen molar-refractivity contribution >= 4 is 29.6 Å². The number of hydrogen-bond donors (Lipinski definition) is 0. The number of amidine groups is 1. The van der Waals surface area contributed by atoms with E-state index in [2.05, 4.69) is 37.9 Å². The van der Waals surface area contributed by atoms with Crippen LogP contribution in [0.15, 0.2) is 39.9 Å². The Hall–Kier alpha value is -1.55. The lowest BCUT2D eigenvalue weighted by atomic mass is 10.2. The fourth-order valence-corrected chi connectivity index (χ4v) is 2.83. The van der Waals surface area contributed by atoms with Crippen molar-refractivity contribution < 1.29 is 4.79 Å². The first kappa shape index (κ1) is 14.9. The summed E-state index contributed by atoms with van der Waals surface area (Å²) in [6, 6.07) is 8.22. The summed E-state index contributed by atoms with van der Waals surface area (Å²) in [6.45, 7) is 8.41.